The monoisotopic (exact) mass is 324 g/mol. The van der Waals surface area contributed by atoms with Gasteiger partial charge in [-0.25, -0.2) is 4.79 Å². The first kappa shape index (κ1) is 17.7. The minimum absolute atomic E-state index is 0.199. The highest BCUT2D eigenvalue weighted by Gasteiger charge is 2.52. The summed E-state index contributed by atoms with van der Waals surface area (Å²) in [4.78, 5) is 37.7. The number of hydrogen-bond acceptors (Lipinski definition) is 4. The number of carbonyl (C=O) groups excluding carboxylic acids is 3. The van der Waals surface area contributed by atoms with Gasteiger partial charge in [0.2, 0.25) is 5.91 Å². The number of rotatable bonds is 7. The van der Waals surface area contributed by atoms with E-state index >= 15 is 0 Å². The van der Waals surface area contributed by atoms with Crippen LogP contribution >= 0.6 is 0 Å². The Hall–Kier alpha value is -1.63. The molecular weight excluding hydrogens is 296 g/mol. The SMILES string of the molecule is CCNCCNC(=O)CN1C(=O)NC2(CCC(CC)CC2)C1=O. The van der Waals surface area contributed by atoms with Crippen LogP contribution < -0.4 is 16.0 Å². The molecule has 0 unspecified atom stereocenters. The molecule has 1 saturated carbocycles. The van der Waals surface area contributed by atoms with Crippen molar-refractivity contribution >= 4 is 17.8 Å². The molecule has 0 aromatic carbocycles. The van der Waals surface area contributed by atoms with Crippen molar-refractivity contribution in [3.05, 3.63) is 0 Å². The molecule has 2 rings (SSSR count). The van der Waals surface area contributed by atoms with Crippen LogP contribution in [-0.4, -0.2) is 54.5 Å². The molecule has 3 N–H and O–H groups in total. The van der Waals surface area contributed by atoms with Crippen molar-refractivity contribution in [2.45, 2.75) is 51.5 Å². The summed E-state index contributed by atoms with van der Waals surface area (Å²) in [7, 11) is 0. The average Bonchev–Trinajstić information content (AvgIpc) is 2.77. The molecule has 0 radical (unpaired) electrons. The van der Waals surface area contributed by atoms with E-state index in [0.29, 0.717) is 31.8 Å². The molecule has 0 bridgehead atoms. The molecule has 7 nitrogen and oxygen atoms in total. The summed E-state index contributed by atoms with van der Waals surface area (Å²) in [5, 5.41) is 8.65. The molecule has 1 spiro atoms. The molecule has 1 aliphatic carbocycles. The van der Waals surface area contributed by atoms with Gasteiger partial charge in [-0.15, -0.1) is 0 Å². The summed E-state index contributed by atoms with van der Waals surface area (Å²) in [6.07, 6.45) is 4.36. The van der Waals surface area contributed by atoms with E-state index in [4.69, 9.17) is 0 Å². The fourth-order valence-corrected chi connectivity index (χ4v) is 3.40. The highest BCUT2D eigenvalue weighted by molar-refractivity contribution is 6.09. The molecule has 23 heavy (non-hydrogen) atoms. The van der Waals surface area contributed by atoms with Crippen LogP contribution in [0.3, 0.4) is 0 Å². The van der Waals surface area contributed by atoms with Crippen molar-refractivity contribution in [1.82, 2.24) is 20.9 Å². The van der Waals surface area contributed by atoms with Crippen molar-refractivity contribution in [2.24, 2.45) is 5.92 Å². The lowest BCUT2D eigenvalue weighted by Gasteiger charge is -2.34. The van der Waals surface area contributed by atoms with Gasteiger partial charge in [-0.05, 0) is 38.1 Å². The largest absolute Gasteiger partial charge is 0.353 e. The van der Waals surface area contributed by atoms with Crippen LogP contribution in [0.2, 0.25) is 0 Å². The third-order valence-corrected chi connectivity index (χ3v) is 4.96. The Balaban J connectivity index is 1.88. The van der Waals surface area contributed by atoms with E-state index < -0.39 is 11.6 Å². The maximum Gasteiger partial charge on any atom is 0.325 e. The maximum absolute atomic E-state index is 12.6. The summed E-state index contributed by atoms with van der Waals surface area (Å²) >= 11 is 0. The summed E-state index contributed by atoms with van der Waals surface area (Å²) in [5.41, 5.74) is -0.771. The van der Waals surface area contributed by atoms with Gasteiger partial charge in [-0.2, -0.15) is 0 Å². The zero-order valence-corrected chi connectivity index (χ0v) is 14.1. The smallest absolute Gasteiger partial charge is 0.325 e. The second kappa shape index (κ2) is 7.77. The van der Waals surface area contributed by atoms with Gasteiger partial charge < -0.3 is 16.0 Å². The van der Waals surface area contributed by atoms with Gasteiger partial charge in [0.25, 0.3) is 5.91 Å². The summed E-state index contributed by atoms with van der Waals surface area (Å²) in [5.74, 6) is 0.0957. The lowest BCUT2D eigenvalue weighted by Crippen LogP contribution is -2.50. The van der Waals surface area contributed by atoms with Crippen LogP contribution in [0.15, 0.2) is 0 Å². The van der Waals surface area contributed by atoms with Gasteiger partial charge in [-0.3, -0.25) is 14.5 Å². The second-order valence-electron chi connectivity index (χ2n) is 6.46. The van der Waals surface area contributed by atoms with Crippen LogP contribution in [0.5, 0.6) is 0 Å². The van der Waals surface area contributed by atoms with Crippen LogP contribution in [0.1, 0.15) is 46.0 Å². The minimum Gasteiger partial charge on any atom is -0.353 e. The molecule has 1 saturated heterocycles. The normalized spacial score (nSPS) is 27.4. The third kappa shape index (κ3) is 4.02. The van der Waals surface area contributed by atoms with Crippen molar-refractivity contribution in [1.29, 1.82) is 0 Å². The molecule has 2 aliphatic rings. The molecular formula is C16H28N4O3. The summed E-state index contributed by atoms with van der Waals surface area (Å²) in [6.45, 7) is 5.94. The first-order valence-corrected chi connectivity index (χ1v) is 8.64. The quantitative estimate of drug-likeness (QED) is 0.472. The molecule has 4 amide bonds. The Morgan fingerprint density at radius 3 is 2.57 bits per heavy atom. The van der Waals surface area contributed by atoms with Crippen molar-refractivity contribution in [2.75, 3.05) is 26.2 Å². The zero-order chi connectivity index (χ0) is 16.9. The number of nitrogens with zero attached hydrogens (tertiary/aromatic N) is 1. The minimum atomic E-state index is -0.771. The van der Waals surface area contributed by atoms with Gasteiger partial charge in [0, 0.05) is 13.1 Å². The summed E-state index contributed by atoms with van der Waals surface area (Å²) in [6, 6.07) is -0.438. The molecule has 1 aliphatic heterocycles. The first-order valence-electron chi connectivity index (χ1n) is 8.64. The third-order valence-electron chi connectivity index (χ3n) is 4.96. The highest BCUT2D eigenvalue weighted by atomic mass is 16.2. The molecule has 130 valence electrons. The maximum atomic E-state index is 12.6. The van der Waals surface area contributed by atoms with Gasteiger partial charge in [0.05, 0.1) is 0 Å². The van der Waals surface area contributed by atoms with E-state index in [1.54, 1.807) is 0 Å². The predicted molar refractivity (Wildman–Crippen MR) is 86.8 cm³/mol. The highest BCUT2D eigenvalue weighted by Crippen LogP contribution is 2.37. The van der Waals surface area contributed by atoms with Crippen LogP contribution in [-0.2, 0) is 9.59 Å². The van der Waals surface area contributed by atoms with E-state index in [1.165, 1.54) is 0 Å². The van der Waals surface area contributed by atoms with E-state index in [9.17, 15) is 14.4 Å². The number of nitrogens with one attached hydrogen (secondary N) is 3. The molecule has 7 heteroatoms. The number of imide groups is 1. The standard InChI is InChI=1S/C16H28N4O3/c1-3-12-5-7-16(8-6-12)14(22)20(15(23)19-16)11-13(21)18-10-9-17-4-2/h12,17H,3-11H2,1-2H3,(H,18,21)(H,19,23). The van der Waals surface area contributed by atoms with Crippen molar-refractivity contribution in [3.63, 3.8) is 0 Å². The van der Waals surface area contributed by atoms with Gasteiger partial charge in [0.1, 0.15) is 12.1 Å². The number of likely N-dealkylation sites (N-methyl/N-ethyl adjacent to an activating group) is 1. The summed E-state index contributed by atoms with van der Waals surface area (Å²) < 4.78 is 0. The zero-order valence-electron chi connectivity index (χ0n) is 14.1. The van der Waals surface area contributed by atoms with Crippen molar-refractivity contribution < 1.29 is 14.4 Å². The topological polar surface area (TPSA) is 90.5 Å². The fourth-order valence-electron chi connectivity index (χ4n) is 3.40. The fraction of sp³-hybridized carbons (Fsp3) is 0.812. The number of carbonyl (C=O) groups is 3. The van der Waals surface area contributed by atoms with E-state index in [-0.39, 0.29) is 18.4 Å². The Labute approximate surface area is 137 Å². The predicted octanol–water partition coefficient (Wildman–Crippen LogP) is 0.603. The molecule has 1 heterocycles. The lowest BCUT2D eigenvalue weighted by molar-refractivity contribution is -0.136. The van der Waals surface area contributed by atoms with Gasteiger partial charge in [0.15, 0.2) is 0 Å². The number of urea groups is 1. The van der Waals surface area contributed by atoms with E-state index in [2.05, 4.69) is 22.9 Å². The van der Waals surface area contributed by atoms with Gasteiger partial charge >= 0.3 is 6.03 Å². The Morgan fingerprint density at radius 1 is 1.26 bits per heavy atom. The Kier molecular flexibility index (Phi) is 5.98. The lowest BCUT2D eigenvalue weighted by atomic mass is 9.75. The molecule has 0 aromatic heterocycles. The molecule has 2 fully saturated rings. The second-order valence-corrected chi connectivity index (χ2v) is 6.46. The Bertz CT molecular complexity index is 458. The van der Waals surface area contributed by atoms with Crippen LogP contribution in [0.4, 0.5) is 4.79 Å². The van der Waals surface area contributed by atoms with E-state index in [0.717, 1.165) is 30.7 Å². The average molecular weight is 324 g/mol. The van der Waals surface area contributed by atoms with Crippen molar-refractivity contribution in [3.8, 4) is 0 Å². The first-order chi connectivity index (χ1) is 11.0. The van der Waals surface area contributed by atoms with Crippen LogP contribution in [0.25, 0.3) is 0 Å². The van der Waals surface area contributed by atoms with Gasteiger partial charge in [-0.1, -0.05) is 20.3 Å². The molecule has 0 atom stereocenters. The molecule has 0 aromatic rings. The van der Waals surface area contributed by atoms with E-state index in [1.807, 2.05) is 6.92 Å². The number of hydrogen-bond donors (Lipinski definition) is 3. The number of amides is 4. The Morgan fingerprint density at radius 2 is 1.96 bits per heavy atom. The van der Waals surface area contributed by atoms with Crippen LogP contribution in [0, 0.1) is 5.92 Å².